The first-order chi connectivity index (χ1) is 15.1. The number of nitrogens with zero attached hydrogens (tertiary/aromatic N) is 4. The normalized spacial score (nSPS) is 13.9. The maximum atomic E-state index is 12.7. The fourth-order valence-corrected chi connectivity index (χ4v) is 3.86. The van der Waals surface area contributed by atoms with Crippen molar-refractivity contribution in [2.75, 3.05) is 37.7 Å². The minimum Gasteiger partial charge on any atom is -0.494 e. The van der Waals surface area contributed by atoms with Gasteiger partial charge in [0.05, 0.1) is 18.7 Å². The van der Waals surface area contributed by atoms with Gasteiger partial charge in [-0.3, -0.25) is 4.79 Å². The van der Waals surface area contributed by atoms with Crippen molar-refractivity contribution in [2.45, 2.75) is 20.3 Å². The first kappa shape index (κ1) is 20.8. The van der Waals surface area contributed by atoms with Gasteiger partial charge in [0.1, 0.15) is 17.9 Å². The van der Waals surface area contributed by atoms with Crippen molar-refractivity contribution in [1.82, 2.24) is 14.9 Å². The Morgan fingerprint density at radius 3 is 2.48 bits per heavy atom. The molecule has 1 aliphatic heterocycles. The van der Waals surface area contributed by atoms with Crippen LogP contribution in [0.25, 0.3) is 11.3 Å². The van der Waals surface area contributed by atoms with Crippen LogP contribution in [0.4, 0.5) is 5.82 Å². The SMILES string of the molecule is CCOc1ccc(-c2cc(N3CCN(C(=O)Cc4cccc(C)c4)CC3)ncn2)cc1. The molecule has 1 aliphatic rings. The lowest BCUT2D eigenvalue weighted by Crippen LogP contribution is -2.49. The zero-order valence-electron chi connectivity index (χ0n) is 18.1. The molecule has 4 rings (SSSR count). The molecule has 0 spiro atoms. The van der Waals surface area contributed by atoms with E-state index < -0.39 is 0 Å². The summed E-state index contributed by atoms with van der Waals surface area (Å²) in [6, 6.07) is 18.1. The molecular formula is C25H28N4O2. The van der Waals surface area contributed by atoms with Crippen LogP contribution in [0.1, 0.15) is 18.1 Å². The number of carbonyl (C=O) groups is 1. The highest BCUT2D eigenvalue weighted by Crippen LogP contribution is 2.24. The zero-order valence-corrected chi connectivity index (χ0v) is 18.1. The van der Waals surface area contributed by atoms with Gasteiger partial charge in [-0.1, -0.05) is 29.8 Å². The van der Waals surface area contributed by atoms with Crippen molar-refractivity contribution < 1.29 is 9.53 Å². The molecule has 160 valence electrons. The summed E-state index contributed by atoms with van der Waals surface area (Å²) in [6.45, 7) is 7.60. The molecular weight excluding hydrogens is 388 g/mol. The molecule has 6 nitrogen and oxygen atoms in total. The maximum absolute atomic E-state index is 12.7. The van der Waals surface area contributed by atoms with Gasteiger partial charge in [-0.05, 0) is 43.7 Å². The van der Waals surface area contributed by atoms with E-state index in [0.717, 1.165) is 41.5 Å². The summed E-state index contributed by atoms with van der Waals surface area (Å²) >= 11 is 0. The van der Waals surface area contributed by atoms with Crippen molar-refractivity contribution in [2.24, 2.45) is 0 Å². The van der Waals surface area contributed by atoms with E-state index >= 15 is 0 Å². The van der Waals surface area contributed by atoms with Crippen molar-refractivity contribution in [3.05, 3.63) is 72.1 Å². The predicted molar refractivity (Wildman–Crippen MR) is 122 cm³/mol. The van der Waals surface area contributed by atoms with Crippen LogP contribution in [-0.2, 0) is 11.2 Å². The summed E-state index contributed by atoms with van der Waals surface area (Å²) in [5.41, 5.74) is 4.16. The van der Waals surface area contributed by atoms with Gasteiger partial charge >= 0.3 is 0 Å². The molecule has 0 radical (unpaired) electrons. The molecule has 0 N–H and O–H groups in total. The van der Waals surface area contributed by atoms with E-state index in [1.807, 2.05) is 54.3 Å². The van der Waals surface area contributed by atoms with Gasteiger partial charge in [-0.2, -0.15) is 0 Å². The van der Waals surface area contributed by atoms with Crippen LogP contribution in [0.3, 0.4) is 0 Å². The third kappa shape index (κ3) is 5.20. The molecule has 1 aromatic heterocycles. The van der Waals surface area contributed by atoms with E-state index in [-0.39, 0.29) is 5.91 Å². The quantitative estimate of drug-likeness (QED) is 0.613. The van der Waals surface area contributed by atoms with Gasteiger partial charge in [0.25, 0.3) is 0 Å². The zero-order chi connectivity index (χ0) is 21.6. The number of aromatic nitrogens is 2. The van der Waals surface area contributed by atoms with Crippen LogP contribution in [0.2, 0.25) is 0 Å². The highest BCUT2D eigenvalue weighted by atomic mass is 16.5. The minimum atomic E-state index is 0.183. The number of ether oxygens (including phenoxy) is 1. The Hall–Kier alpha value is -3.41. The van der Waals surface area contributed by atoms with Gasteiger partial charge in [0.15, 0.2) is 0 Å². The number of hydrogen-bond donors (Lipinski definition) is 0. The van der Waals surface area contributed by atoms with Crippen LogP contribution >= 0.6 is 0 Å². The molecule has 0 unspecified atom stereocenters. The number of hydrogen-bond acceptors (Lipinski definition) is 5. The third-order valence-electron chi connectivity index (χ3n) is 5.51. The van der Waals surface area contributed by atoms with Crippen LogP contribution in [0.5, 0.6) is 5.75 Å². The molecule has 6 heteroatoms. The molecule has 1 fully saturated rings. The third-order valence-corrected chi connectivity index (χ3v) is 5.51. The molecule has 0 bridgehead atoms. The minimum absolute atomic E-state index is 0.183. The molecule has 1 amide bonds. The summed E-state index contributed by atoms with van der Waals surface area (Å²) in [5.74, 6) is 1.93. The van der Waals surface area contributed by atoms with Gasteiger partial charge < -0.3 is 14.5 Å². The number of anilines is 1. The number of aryl methyl sites for hydroxylation is 1. The standard InChI is InChI=1S/C25H28N4O2/c1-3-31-22-9-7-21(8-10-22)23-17-24(27-18-26-23)28-11-13-29(14-12-28)25(30)16-20-6-4-5-19(2)15-20/h4-10,15,17-18H,3,11-14,16H2,1-2H3. The summed E-state index contributed by atoms with van der Waals surface area (Å²) in [7, 11) is 0. The number of carbonyl (C=O) groups excluding carboxylic acids is 1. The summed E-state index contributed by atoms with van der Waals surface area (Å²) in [5, 5.41) is 0. The van der Waals surface area contributed by atoms with E-state index in [2.05, 4.69) is 33.9 Å². The average Bonchev–Trinajstić information content (AvgIpc) is 2.80. The lowest BCUT2D eigenvalue weighted by atomic mass is 10.1. The topological polar surface area (TPSA) is 58.6 Å². The highest BCUT2D eigenvalue weighted by Gasteiger charge is 2.22. The van der Waals surface area contributed by atoms with Crippen LogP contribution in [-0.4, -0.2) is 53.6 Å². The summed E-state index contributed by atoms with van der Waals surface area (Å²) in [4.78, 5) is 25.8. The van der Waals surface area contributed by atoms with Crippen LogP contribution in [0, 0.1) is 6.92 Å². The fourth-order valence-electron chi connectivity index (χ4n) is 3.86. The molecule has 0 aliphatic carbocycles. The van der Waals surface area contributed by atoms with Crippen molar-refractivity contribution in [3.8, 4) is 17.0 Å². The summed E-state index contributed by atoms with van der Waals surface area (Å²) < 4.78 is 5.52. The molecule has 2 heterocycles. The van der Waals surface area contributed by atoms with Gasteiger partial charge in [-0.15, -0.1) is 0 Å². The molecule has 2 aromatic carbocycles. The number of amides is 1. The van der Waals surface area contributed by atoms with Crippen LogP contribution < -0.4 is 9.64 Å². The molecule has 0 saturated carbocycles. The predicted octanol–water partition coefficient (Wildman–Crippen LogP) is 3.74. The van der Waals surface area contributed by atoms with Gasteiger partial charge in [0, 0.05) is 37.8 Å². The van der Waals surface area contributed by atoms with Crippen molar-refractivity contribution in [3.63, 3.8) is 0 Å². The Morgan fingerprint density at radius 1 is 1.00 bits per heavy atom. The monoisotopic (exact) mass is 416 g/mol. The molecule has 31 heavy (non-hydrogen) atoms. The first-order valence-electron chi connectivity index (χ1n) is 10.8. The molecule has 0 atom stereocenters. The van der Waals surface area contributed by atoms with E-state index in [9.17, 15) is 4.79 Å². The number of rotatable bonds is 6. The van der Waals surface area contributed by atoms with Crippen molar-refractivity contribution >= 4 is 11.7 Å². The number of piperazine rings is 1. The Labute approximate surface area is 183 Å². The second-order valence-corrected chi connectivity index (χ2v) is 7.75. The number of benzene rings is 2. The molecule has 1 saturated heterocycles. The van der Waals surface area contributed by atoms with E-state index in [1.165, 1.54) is 5.56 Å². The van der Waals surface area contributed by atoms with Crippen molar-refractivity contribution in [1.29, 1.82) is 0 Å². The smallest absolute Gasteiger partial charge is 0.227 e. The van der Waals surface area contributed by atoms with E-state index in [4.69, 9.17) is 4.74 Å². The largest absolute Gasteiger partial charge is 0.494 e. The van der Waals surface area contributed by atoms with E-state index in [0.29, 0.717) is 26.1 Å². The fraction of sp³-hybridized carbons (Fsp3) is 0.320. The average molecular weight is 417 g/mol. The highest BCUT2D eigenvalue weighted by molar-refractivity contribution is 5.79. The summed E-state index contributed by atoms with van der Waals surface area (Å²) in [6.07, 6.45) is 2.06. The lowest BCUT2D eigenvalue weighted by Gasteiger charge is -2.35. The maximum Gasteiger partial charge on any atom is 0.227 e. The Bertz CT molecular complexity index is 1030. The molecule has 3 aromatic rings. The first-order valence-corrected chi connectivity index (χ1v) is 10.8. The van der Waals surface area contributed by atoms with Crippen LogP contribution in [0.15, 0.2) is 60.9 Å². The second kappa shape index (κ2) is 9.60. The Balaban J connectivity index is 1.37. The van der Waals surface area contributed by atoms with Gasteiger partial charge in [-0.25, -0.2) is 9.97 Å². The lowest BCUT2D eigenvalue weighted by molar-refractivity contribution is -0.130. The Kier molecular flexibility index (Phi) is 6.46. The second-order valence-electron chi connectivity index (χ2n) is 7.75. The Morgan fingerprint density at radius 2 is 1.77 bits per heavy atom. The van der Waals surface area contributed by atoms with E-state index in [1.54, 1.807) is 6.33 Å². The van der Waals surface area contributed by atoms with Gasteiger partial charge in [0.2, 0.25) is 5.91 Å².